The van der Waals surface area contributed by atoms with Gasteiger partial charge in [0.15, 0.2) is 6.61 Å². The van der Waals surface area contributed by atoms with Crippen molar-refractivity contribution >= 4 is 11.9 Å². The van der Waals surface area contributed by atoms with E-state index in [-0.39, 0.29) is 30.1 Å². The molecule has 198 valence electrons. The van der Waals surface area contributed by atoms with E-state index in [1.54, 1.807) is 0 Å². The lowest BCUT2D eigenvalue weighted by atomic mass is 9.86. The molecule has 0 spiro atoms. The Morgan fingerprint density at radius 3 is 2.11 bits per heavy atom. The Morgan fingerprint density at radius 1 is 0.971 bits per heavy atom. The minimum atomic E-state index is -6.43. The molecule has 0 aromatic heterocycles. The van der Waals surface area contributed by atoms with Gasteiger partial charge >= 0.3 is 36.1 Å². The van der Waals surface area contributed by atoms with Crippen LogP contribution in [0.1, 0.15) is 39.5 Å². The lowest BCUT2D eigenvalue weighted by molar-refractivity contribution is -0.344. The number of carbonyl (C=O) groups excluding carboxylic acids is 2. The van der Waals surface area contributed by atoms with Crippen molar-refractivity contribution in [1.82, 2.24) is 0 Å². The summed E-state index contributed by atoms with van der Waals surface area (Å²) in [5, 5.41) is 0. The molecule has 35 heavy (non-hydrogen) atoms. The number of rotatable bonds is 8. The standard InChI is InChI=1S/C23H26F8O4/c1-8-11-6-14-16(8)21(14,9(11)2)19(33)35-15-5-10-3-12(15)13(4-10)17(32)34-7-20(26,27)23(30,31)22(28,29)18(24)25/h8-16,18H,3-7H2,1-2H3. The van der Waals surface area contributed by atoms with Crippen LogP contribution in [0.25, 0.3) is 0 Å². The first-order valence-electron chi connectivity index (χ1n) is 11.9. The van der Waals surface area contributed by atoms with Crippen molar-refractivity contribution in [3.8, 4) is 0 Å². The maximum atomic E-state index is 13.8. The number of fused-ring (bicyclic) bond motifs is 2. The van der Waals surface area contributed by atoms with E-state index in [0.29, 0.717) is 30.6 Å². The first-order valence-corrected chi connectivity index (χ1v) is 11.9. The van der Waals surface area contributed by atoms with E-state index in [2.05, 4.69) is 11.7 Å². The highest BCUT2D eigenvalue weighted by atomic mass is 19.4. The summed E-state index contributed by atoms with van der Waals surface area (Å²) in [6.07, 6.45) is -3.59. The van der Waals surface area contributed by atoms with E-state index in [4.69, 9.17) is 4.74 Å². The molecule has 10 unspecified atom stereocenters. The third-order valence-corrected chi connectivity index (χ3v) is 9.87. The monoisotopic (exact) mass is 518 g/mol. The summed E-state index contributed by atoms with van der Waals surface area (Å²) in [6.45, 7) is 1.71. The van der Waals surface area contributed by atoms with Gasteiger partial charge in [0, 0.05) is 5.92 Å². The molecule has 0 aromatic rings. The van der Waals surface area contributed by atoms with E-state index < -0.39 is 60.1 Å². The SMILES string of the molecule is CC1C2CC3C1C3(C(=O)OC1CC3CC(C(=O)OCC(F)(F)C(F)(F)C(F)(F)C(F)F)C1C3)C2C. The van der Waals surface area contributed by atoms with E-state index in [1.165, 1.54) is 0 Å². The van der Waals surface area contributed by atoms with Crippen molar-refractivity contribution in [2.75, 3.05) is 6.61 Å². The van der Waals surface area contributed by atoms with Crippen LogP contribution in [0.2, 0.25) is 0 Å². The van der Waals surface area contributed by atoms with E-state index in [1.807, 2.05) is 6.92 Å². The second kappa shape index (κ2) is 7.46. The van der Waals surface area contributed by atoms with Crippen LogP contribution in [-0.4, -0.2) is 48.8 Å². The van der Waals surface area contributed by atoms with Gasteiger partial charge in [0.1, 0.15) is 6.10 Å². The zero-order valence-electron chi connectivity index (χ0n) is 19.0. The van der Waals surface area contributed by atoms with Gasteiger partial charge in [-0.1, -0.05) is 13.8 Å². The van der Waals surface area contributed by atoms with Gasteiger partial charge in [-0.2, -0.15) is 26.3 Å². The third-order valence-electron chi connectivity index (χ3n) is 9.87. The number of ether oxygens (including phenoxy) is 2. The van der Waals surface area contributed by atoms with Crippen LogP contribution in [-0.2, 0) is 19.1 Å². The number of hydrogen-bond donors (Lipinski definition) is 0. The molecule has 0 N–H and O–H groups in total. The van der Waals surface area contributed by atoms with Crippen LogP contribution in [0.5, 0.6) is 0 Å². The number of alkyl halides is 8. The Morgan fingerprint density at radius 2 is 1.63 bits per heavy atom. The van der Waals surface area contributed by atoms with Gasteiger partial charge in [0.2, 0.25) is 0 Å². The molecule has 6 saturated carbocycles. The Balaban J connectivity index is 1.21. The average molecular weight is 518 g/mol. The molecule has 6 rings (SSSR count). The Labute approximate surface area is 196 Å². The molecule has 6 bridgehead atoms. The van der Waals surface area contributed by atoms with Crippen LogP contribution < -0.4 is 0 Å². The molecule has 0 saturated heterocycles. The van der Waals surface area contributed by atoms with Gasteiger partial charge in [-0.25, -0.2) is 8.78 Å². The molecule has 6 aliphatic carbocycles. The molecular formula is C23H26F8O4. The second-order valence-electron chi connectivity index (χ2n) is 11.2. The molecule has 6 fully saturated rings. The number of carbonyl (C=O) groups is 2. The summed E-state index contributed by atoms with van der Waals surface area (Å²) in [7, 11) is 0. The quantitative estimate of drug-likeness (QED) is 0.328. The molecule has 10 atom stereocenters. The fraction of sp³-hybridized carbons (Fsp3) is 0.913. The number of hydrogen-bond acceptors (Lipinski definition) is 4. The van der Waals surface area contributed by atoms with Crippen molar-refractivity contribution in [3.63, 3.8) is 0 Å². The zero-order valence-corrected chi connectivity index (χ0v) is 19.0. The molecule has 0 heterocycles. The first kappa shape index (κ1) is 25.0. The summed E-state index contributed by atoms with van der Waals surface area (Å²) < 4.78 is 115. The highest BCUT2D eigenvalue weighted by molar-refractivity contribution is 5.84. The van der Waals surface area contributed by atoms with Crippen LogP contribution >= 0.6 is 0 Å². The summed E-state index contributed by atoms with van der Waals surface area (Å²) in [4.78, 5) is 25.6. The van der Waals surface area contributed by atoms with Gasteiger partial charge in [0.05, 0.1) is 11.3 Å². The minimum Gasteiger partial charge on any atom is -0.462 e. The molecule has 0 radical (unpaired) electrons. The summed E-state index contributed by atoms with van der Waals surface area (Å²) >= 11 is 0. The predicted molar refractivity (Wildman–Crippen MR) is 102 cm³/mol. The van der Waals surface area contributed by atoms with Gasteiger partial charge < -0.3 is 9.47 Å². The Bertz CT molecular complexity index is 921. The van der Waals surface area contributed by atoms with Crippen molar-refractivity contribution < 1.29 is 54.2 Å². The van der Waals surface area contributed by atoms with E-state index in [9.17, 15) is 44.7 Å². The average Bonchev–Trinajstić information content (AvgIpc) is 3.24. The van der Waals surface area contributed by atoms with Crippen molar-refractivity contribution in [2.24, 2.45) is 52.8 Å². The van der Waals surface area contributed by atoms with E-state index >= 15 is 0 Å². The highest BCUT2D eigenvalue weighted by Gasteiger charge is 2.85. The molecule has 0 aliphatic heterocycles. The summed E-state index contributed by atoms with van der Waals surface area (Å²) in [5.74, 6) is -20.1. The van der Waals surface area contributed by atoms with Gasteiger partial charge in [-0.05, 0) is 61.2 Å². The topological polar surface area (TPSA) is 52.6 Å². The molecular weight excluding hydrogens is 492 g/mol. The number of esters is 2. The predicted octanol–water partition coefficient (Wildman–Crippen LogP) is 5.20. The number of halogens is 8. The Hall–Kier alpha value is -1.62. The van der Waals surface area contributed by atoms with Crippen LogP contribution in [0.15, 0.2) is 0 Å². The maximum Gasteiger partial charge on any atom is 0.381 e. The smallest absolute Gasteiger partial charge is 0.381 e. The van der Waals surface area contributed by atoms with Crippen molar-refractivity contribution in [3.05, 3.63) is 0 Å². The van der Waals surface area contributed by atoms with Gasteiger partial charge in [0.25, 0.3) is 0 Å². The fourth-order valence-corrected chi connectivity index (χ4v) is 8.23. The van der Waals surface area contributed by atoms with Gasteiger partial charge in [-0.3, -0.25) is 9.59 Å². The van der Waals surface area contributed by atoms with Crippen molar-refractivity contribution in [1.29, 1.82) is 0 Å². The van der Waals surface area contributed by atoms with Crippen LogP contribution in [0.4, 0.5) is 35.1 Å². The van der Waals surface area contributed by atoms with Crippen molar-refractivity contribution in [2.45, 2.75) is 69.8 Å². The molecule has 0 amide bonds. The van der Waals surface area contributed by atoms with E-state index in [0.717, 1.165) is 6.42 Å². The molecule has 4 nitrogen and oxygen atoms in total. The summed E-state index contributed by atoms with van der Waals surface area (Å²) in [5.41, 5.74) is -0.508. The summed E-state index contributed by atoms with van der Waals surface area (Å²) in [6, 6.07) is 0. The normalized spacial score (nSPS) is 43.7. The molecule has 6 aliphatic rings. The van der Waals surface area contributed by atoms with Crippen LogP contribution in [0, 0.1) is 52.8 Å². The first-order chi connectivity index (χ1) is 16.1. The zero-order chi connectivity index (χ0) is 25.9. The largest absolute Gasteiger partial charge is 0.462 e. The highest BCUT2D eigenvalue weighted by Crippen LogP contribution is 2.83. The molecule has 12 heteroatoms. The lowest BCUT2D eigenvalue weighted by Gasteiger charge is -2.33. The second-order valence-corrected chi connectivity index (χ2v) is 11.2. The maximum absolute atomic E-state index is 13.8. The fourth-order valence-electron chi connectivity index (χ4n) is 8.23. The molecule has 0 aromatic carbocycles. The minimum absolute atomic E-state index is 0.0680. The van der Waals surface area contributed by atoms with Crippen LogP contribution in [0.3, 0.4) is 0 Å². The Kier molecular flexibility index (Phi) is 5.34. The van der Waals surface area contributed by atoms with Gasteiger partial charge in [-0.15, -0.1) is 0 Å². The lowest BCUT2D eigenvalue weighted by Crippen LogP contribution is -2.59. The third kappa shape index (κ3) is 3.09.